The molecule has 0 radical (unpaired) electrons. The van der Waals surface area contributed by atoms with Crippen LogP contribution in [0.25, 0.3) is 72.7 Å². The molecule has 0 amide bonds. The van der Waals surface area contributed by atoms with Gasteiger partial charge in [0.25, 0.3) is 0 Å². The molecule has 330 valence electrons. The van der Waals surface area contributed by atoms with Crippen LogP contribution in [-0.4, -0.2) is 19.6 Å². The minimum atomic E-state index is -2.49. The zero-order valence-corrected chi connectivity index (χ0v) is 41.6. The van der Waals surface area contributed by atoms with Crippen molar-refractivity contribution in [2.45, 2.75) is 112 Å². The molecule has 0 bridgehead atoms. The van der Waals surface area contributed by atoms with E-state index in [1.807, 2.05) is 71.4 Å². The Balaban J connectivity index is 0.00000666. The molecule has 0 fully saturated rings. The number of fused-ring (bicyclic) bond motifs is 1. The van der Waals surface area contributed by atoms with Gasteiger partial charge in [0.2, 0.25) is 0 Å². The van der Waals surface area contributed by atoms with Gasteiger partial charge in [0.15, 0.2) is 0 Å². The van der Waals surface area contributed by atoms with E-state index in [-0.39, 0.29) is 48.6 Å². The SMILES string of the molecule is [2H]C([2H])([2H])c1cc(-c2ccccc2)ccc1-n1c(-c2cc(C(C)(C)C)cc(C(C)(C)C)c2O)nc2c(-c3[c-]c(-c4cc(-c5ccccc5C(C)(C)C)ccn4)cc(C(C)(C)C)c3)cccc21.[Pt]. The van der Waals surface area contributed by atoms with Crippen LogP contribution in [0.2, 0.25) is 0 Å². The Kier molecular flexibility index (Phi) is 11.3. The van der Waals surface area contributed by atoms with Gasteiger partial charge in [-0.1, -0.05) is 179 Å². The maximum Gasteiger partial charge on any atom is 0.148 e. The summed E-state index contributed by atoms with van der Waals surface area (Å²) in [4.78, 5) is 10.5. The van der Waals surface area contributed by atoms with E-state index in [1.54, 1.807) is 6.07 Å². The predicted octanol–water partition coefficient (Wildman–Crippen LogP) is 15.8. The summed E-state index contributed by atoms with van der Waals surface area (Å²) in [5.41, 5.74) is 13.0. The molecule has 2 heterocycles. The van der Waals surface area contributed by atoms with Crippen LogP contribution < -0.4 is 0 Å². The Labute approximate surface area is 400 Å². The fourth-order valence-electron chi connectivity index (χ4n) is 8.51. The van der Waals surface area contributed by atoms with Crippen molar-refractivity contribution < 1.29 is 30.3 Å². The topological polar surface area (TPSA) is 50.9 Å². The second kappa shape index (κ2) is 17.1. The minimum Gasteiger partial charge on any atom is -0.507 e. The number of aromatic hydroxyl groups is 1. The van der Waals surface area contributed by atoms with Crippen LogP contribution in [0.3, 0.4) is 0 Å². The second-order valence-corrected chi connectivity index (χ2v) is 21.1. The van der Waals surface area contributed by atoms with Gasteiger partial charge in [0.05, 0.1) is 22.3 Å². The summed E-state index contributed by atoms with van der Waals surface area (Å²) >= 11 is 0. The molecule has 0 atom stereocenters. The largest absolute Gasteiger partial charge is 0.507 e. The van der Waals surface area contributed by atoms with Gasteiger partial charge in [0.1, 0.15) is 11.6 Å². The molecular formula is C59H62N3OPt-. The molecule has 0 aliphatic heterocycles. The molecule has 2 aromatic heterocycles. The quantitative estimate of drug-likeness (QED) is 0.169. The van der Waals surface area contributed by atoms with E-state index in [1.165, 1.54) is 11.1 Å². The number of phenols is 1. The number of imidazole rings is 1. The molecule has 0 saturated heterocycles. The van der Waals surface area contributed by atoms with Crippen LogP contribution in [0, 0.1) is 12.9 Å². The van der Waals surface area contributed by atoms with Gasteiger partial charge in [-0.05, 0) is 97.8 Å². The fraction of sp³-hybridized carbons (Fsp3) is 0.288. The molecule has 6 aromatic carbocycles. The number of pyridine rings is 1. The first-order valence-corrected chi connectivity index (χ1v) is 22.1. The Morgan fingerprint density at radius 3 is 1.86 bits per heavy atom. The van der Waals surface area contributed by atoms with E-state index in [0.717, 1.165) is 55.8 Å². The Morgan fingerprint density at radius 2 is 1.19 bits per heavy atom. The summed E-state index contributed by atoms with van der Waals surface area (Å²) in [5, 5.41) is 12.4. The summed E-state index contributed by atoms with van der Waals surface area (Å²) in [6, 6.07) is 46.6. The van der Waals surface area contributed by atoms with Crippen molar-refractivity contribution in [2.24, 2.45) is 0 Å². The van der Waals surface area contributed by atoms with Crippen molar-refractivity contribution in [3.8, 4) is 67.5 Å². The van der Waals surface area contributed by atoms with Crippen LogP contribution in [0.1, 0.15) is 115 Å². The van der Waals surface area contributed by atoms with Gasteiger partial charge >= 0.3 is 0 Å². The first-order chi connectivity index (χ1) is 30.8. The third-order valence-corrected chi connectivity index (χ3v) is 12.2. The van der Waals surface area contributed by atoms with Gasteiger partial charge in [-0.3, -0.25) is 9.55 Å². The number of nitrogens with zero attached hydrogens (tertiary/aromatic N) is 3. The molecule has 0 unspecified atom stereocenters. The van der Waals surface area contributed by atoms with Crippen molar-refractivity contribution in [2.75, 3.05) is 0 Å². The van der Waals surface area contributed by atoms with Crippen molar-refractivity contribution in [3.63, 3.8) is 0 Å². The molecular weight excluding hydrogens is 962 g/mol. The van der Waals surface area contributed by atoms with Crippen LogP contribution in [0.4, 0.5) is 0 Å². The van der Waals surface area contributed by atoms with E-state index in [9.17, 15) is 5.11 Å². The number of aryl methyl sites for hydroxylation is 1. The van der Waals surface area contributed by atoms with Gasteiger partial charge in [-0.25, -0.2) is 4.98 Å². The van der Waals surface area contributed by atoms with E-state index in [2.05, 4.69) is 150 Å². The van der Waals surface area contributed by atoms with Gasteiger partial charge in [0, 0.05) is 42.6 Å². The zero-order valence-electron chi connectivity index (χ0n) is 42.3. The summed E-state index contributed by atoms with van der Waals surface area (Å²) in [5.74, 6) is 0.566. The molecule has 8 aromatic rings. The predicted molar refractivity (Wildman–Crippen MR) is 266 cm³/mol. The van der Waals surface area contributed by atoms with Gasteiger partial charge in [-0.15, -0.1) is 29.3 Å². The Hall–Kier alpha value is -5.57. The molecule has 4 nitrogen and oxygen atoms in total. The zero-order chi connectivity index (χ0) is 47.7. The Morgan fingerprint density at radius 1 is 0.547 bits per heavy atom. The molecule has 0 aliphatic rings. The molecule has 0 aliphatic carbocycles. The van der Waals surface area contributed by atoms with Crippen molar-refractivity contribution in [3.05, 3.63) is 167 Å². The molecule has 8 rings (SSSR count). The smallest absolute Gasteiger partial charge is 0.148 e. The number of phenolic OH excluding ortho intramolecular Hbond substituents is 1. The fourth-order valence-corrected chi connectivity index (χ4v) is 8.51. The first kappa shape index (κ1) is 42.4. The van der Waals surface area contributed by atoms with E-state index in [0.29, 0.717) is 28.1 Å². The number of hydrogen-bond donors (Lipinski definition) is 1. The summed E-state index contributed by atoms with van der Waals surface area (Å²) in [6.07, 6.45) is 1.88. The first-order valence-electron chi connectivity index (χ1n) is 23.6. The molecule has 5 heteroatoms. The van der Waals surface area contributed by atoms with Gasteiger partial charge < -0.3 is 5.11 Å². The molecule has 64 heavy (non-hydrogen) atoms. The summed E-state index contributed by atoms with van der Waals surface area (Å²) in [6.45, 7) is 23.6. The average molecular weight is 1030 g/mol. The normalized spacial score (nSPS) is 13.3. The number of hydrogen-bond acceptors (Lipinski definition) is 3. The third kappa shape index (κ3) is 9.05. The molecule has 0 saturated carbocycles. The maximum absolute atomic E-state index is 12.4. The van der Waals surface area contributed by atoms with Crippen LogP contribution >= 0.6 is 0 Å². The summed E-state index contributed by atoms with van der Waals surface area (Å²) < 4.78 is 28.8. The van der Waals surface area contributed by atoms with Crippen LogP contribution in [-0.2, 0) is 42.7 Å². The number of para-hydroxylation sites is 1. The van der Waals surface area contributed by atoms with E-state index in [4.69, 9.17) is 14.1 Å². The number of rotatable bonds is 6. The Bertz CT molecular complexity index is 3120. The van der Waals surface area contributed by atoms with Crippen LogP contribution in [0.15, 0.2) is 134 Å². The number of aromatic nitrogens is 3. The van der Waals surface area contributed by atoms with Crippen molar-refractivity contribution >= 4 is 11.0 Å². The average Bonchev–Trinajstić information content (AvgIpc) is 3.64. The van der Waals surface area contributed by atoms with Crippen LogP contribution in [0.5, 0.6) is 5.75 Å². The standard InChI is InChI=1S/C59H62N3O.Pt/c1-37-30-39(38-20-15-14-16-21-38)26-27-51(37)62-52-25-19-23-46(53(52)61-55(62)47-35-44(57(5,6)7)36-49(54(47)63)59(11,12)13)41-31-42(33-43(32-41)56(2,3)4)50-34-40(28-29-60-50)45-22-17-18-24-48(45)58(8,9)10;/h14-30,32-36,63H,1-13H3;/q-1;/i1D3;. The van der Waals surface area contributed by atoms with Crippen molar-refractivity contribution in [1.29, 1.82) is 0 Å². The molecule has 0 spiro atoms. The summed E-state index contributed by atoms with van der Waals surface area (Å²) in [7, 11) is 0. The van der Waals surface area contributed by atoms with Gasteiger partial charge in [-0.2, -0.15) is 0 Å². The molecule has 1 N–H and O–H groups in total. The minimum absolute atomic E-state index is 0. The van der Waals surface area contributed by atoms with E-state index < -0.39 is 12.3 Å². The maximum atomic E-state index is 12.4. The third-order valence-electron chi connectivity index (χ3n) is 12.2. The van der Waals surface area contributed by atoms with Crippen molar-refractivity contribution in [1.82, 2.24) is 14.5 Å². The number of benzene rings is 6. The second-order valence-electron chi connectivity index (χ2n) is 21.1. The van der Waals surface area contributed by atoms with E-state index >= 15 is 0 Å². The monoisotopic (exact) mass is 1030 g/mol.